The molecule has 2 N–H and O–H groups in total. The highest BCUT2D eigenvalue weighted by atomic mass is 16.3. The molecule has 3 rings (SSSR count). The number of hydrogen-bond acceptors (Lipinski definition) is 3. The van der Waals surface area contributed by atoms with Gasteiger partial charge in [0.25, 0.3) is 0 Å². The van der Waals surface area contributed by atoms with Crippen LogP contribution in [0.2, 0.25) is 0 Å². The summed E-state index contributed by atoms with van der Waals surface area (Å²) in [6.07, 6.45) is 2.43. The van der Waals surface area contributed by atoms with Crippen molar-refractivity contribution in [3.8, 4) is 0 Å². The molecule has 4 nitrogen and oxygen atoms in total. The minimum atomic E-state index is -0.277. The van der Waals surface area contributed by atoms with Gasteiger partial charge < -0.3 is 9.73 Å². The standard InChI is InChI=1S/C15H16N2O2/c1-10(9-11-5-4-8-19-11)16-14-12-6-2-3-7-13(12)17-15(14)18/h2-8,10,14,16H,9H2,1H3,(H,17,18). The molecule has 2 aromatic rings. The number of carbonyl (C=O) groups excluding carboxylic acids is 1. The minimum Gasteiger partial charge on any atom is -0.469 e. The number of fused-ring (bicyclic) bond motifs is 1. The minimum absolute atomic E-state index is 0.00694. The van der Waals surface area contributed by atoms with E-state index in [1.165, 1.54) is 0 Å². The molecule has 98 valence electrons. The van der Waals surface area contributed by atoms with Crippen LogP contribution in [0.1, 0.15) is 24.3 Å². The summed E-state index contributed by atoms with van der Waals surface area (Å²) in [5.41, 5.74) is 1.91. The third-order valence-corrected chi connectivity index (χ3v) is 3.33. The maximum absolute atomic E-state index is 12.0. The van der Waals surface area contributed by atoms with E-state index >= 15 is 0 Å². The molecule has 0 radical (unpaired) electrons. The normalized spacial score (nSPS) is 19.0. The van der Waals surface area contributed by atoms with Crippen LogP contribution in [-0.2, 0) is 11.2 Å². The first-order valence-corrected chi connectivity index (χ1v) is 6.42. The number of amides is 1. The Morgan fingerprint density at radius 1 is 1.32 bits per heavy atom. The first kappa shape index (κ1) is 12.0. The molecule has 0 bridgehead atoms. The van der Waals surface area contributed by atoms with Gasteiger partial charge in [-0.1, -0.05) is 18.2 Å². The van der Waals surface area contributed by atoms with Crippen molar-refractivity contribution >= 4 is 11.6 Å². The van der Waals surface area contributed by atoms with Gasteiger partial charge in [-0.05, 0) is 25.1 Å². The number of anilines is 1. The molecular weight excluding hydrogens is 240 g/mol. The largest absolute Gasteiger partial charge is 0.469 e. The van der Waals surface area contributed by atoms with Crippen molar-refractivity contribution in [3.63, 3.8) is 0 Å². The molecule has 2 unspecified atom stereocenters. The smallest absolute Gasteiger partial charge is 0.246 e. The van der Waals surface area contributed by atoms with E-state index in [4.69, 9.17) is 4.42 Å². The highest BCUT2D eigenvalue weighted by Gasteiger charge is 2.30. The summed E-state index contributed by atoms with van der Waals surface area (Å²) in [7, 11) is 0. The van der Waals surface area contributed by atoms with E-state index in [9.17, 15) is 4.79 Å². The van der Waals surface area contributed by atoms with Crippen LogP contribution in [0.15, 0.2) is 47.1 Å². The lowest BCUT2D eigenvalue weighted by molar-refractivity contribution is -0.117. The zero-order valence-electron chi connectivity index (χ0n) is 10.7. The molecule has 0 fully saturated rings. The highest BCUT2D eigenvalue weighted by molar-refractivity contribution is 6.02. The molecule has 4 heteroatoms. The second kappa shape index (κ2) is 4.90. The fourth-order valence-corrected chi connectivity index (χ4v) is 2.45. The SMILES string of the molecule is CC(Cc1ccco1)NC1C(=O)Nc2ccccc21. The number of hydrogen-bond donors (Lipinski definition) is 2. The lowest BCUT2D eigenvalue weighted by Gasteiger charge is -2.17. The number of nitrogens with one attached hydrogen (secondary N) is 2. The van der Waals surface area contributed by atoms with Crippen LogP contribution in [0.5, 0.6) is 0 Å². The van der Waals surface area contributed by atoms with E-state index in [1.54, 1.807) is 6.26 Å². The van der Waals surface area contributed by atoms with Crippen LogP contribution in [-0.4, -0.2) is 11.9 Å². The Bertz CT molecular complexity index is 578. The maximum atomic E-state index is 12.0. The van der Waals surface area contributed by atoms with Gasteiger partial charge in [0, 0.05) is 23.7 Å². The number of furan rings is 1. The van der Waals surface area contributed by atoms with Gasteiger partial charge >= 0.3 is 0 Å². The first-order chi connectivity index (χ1) is 9.24. The van der Waals surface area contributed by atoms with Crippen LogP contribution in [0, 0.1) is 0 Å². The molecule has 2 atom stereocenters. The molecule has 19 heavy (non-hydrogen) atoms. The summed E-state index contributed by atoms with van der Waals surface area (Å²) in [6, 6.07) is 11.5. The lowest BCUT2D eigenvalue weighted by atomic mass is 10.1. The van der Waals surface area contributed by atoms with Crippen LogP contribution >= 0.6 is 0 Å². The summed E-state index contributed by atoms with van der Waals surface area (Å²) in [5.74, 6) is 0.930. The van der Waals surface area contributed by atoms with Crippen molar-refractivity contribution in [1.82, 2.24) is 5.32 Å². The van der Waals surface area contributed by atoms with Crippen molar-refractivity contribution in [3.05, 3.63) is 54.0 Å². The Labute approximate surface area is 111 Å². The lowest BCUT2D eigenvalue weighted by Crippen LogP contribution is -2.35. The van der Waals surface area contributed by atoms with E-state index in [-0.39, 0.29) is 18.0 Å². The number of rotatable bonds is 4. The Morgan fingerprint density at radius 3 is 2.95 bits per heavy atom. The number of benzene rings is 1. The first-order valence-electron chi connectivity index (χ1n) is 6.42. The molecule has 2 heterocycles. The molecular formula is C15H16N2O2. The molecule has 1 aromatic carbocycles. The summed E-state index contributed by atoms with van der Waals surface area (Å²) in [6.45, 7) is 2.05. The van der Waals surface area contributed by atoms with E-state index in [0.29, 0.717) is 0 Å². The Hall–Kier alpha value is -2.07. The quantitative estimate of drug-likeness (QED) is 0.883. The predicted molar refractivity (Wildman–Crippen MR) is 72.8 cm³/mol. The van der Waals surface area contributed by atoms with Crippen LogP contribution < -0.4 is 10.6 Å². The van der Waals surface area contributed by atoms with Gasteiger partial charge in [-0.2, -0.15) is 0 Å². The van der Waals surface area contributed by atoms with Crippen molar-refractivity contribution < 1.29 is 9.21 Å². The Balaban J connectivity index is 1.71. The maximum Gasteiger partial charge on any atom is 0.246 e. The topological polar surface area (TPSA) is 54.3 Å². The molecule has 1 amide bonds. The van der Waals surface area contributed by atoms with Crippen LogP contribution in [0.25, 0.3) is 0 Å². The monoisotopic (exact) mass is 256 g/mol. The fourth-order valence-electron chi connectivity index (χ4n) is 2.45. The van der Waals surface area contributed by atoms with Gasteiger partial charge in [0.1, 0.15) is 11.8 Å². The highest BCUT2D eigenvalue weighted by Crippen LogP contribution is 2.30. The van der Waals surface area contributed by atoms with Gasteiger partial charge in [0.2, 0.25) is 5.91 Å². The average molecular weight is 256 g/mol. The third-order valence-electron chi connectivity index (χ3n) is 3.33. The van der Waals surface area contributed by atoms with Gasteiger partial charge in [0.05, 0.1) is 6.26 Å². The van der Waals surface area contributed by atoms with Gasteiger partial charge in [-0.25, -0.2) is 0 Å². The predicted octanol–water partition coefficient (Wildman–Crippen LogP) is 2.49. The molecule has 0 saturated heterocycles. The zero-order chi connectivity index (χ0) is 13.2. The van der Waals surface area contributed by atoms with Crippen molar-refractivity contribution in [2.24, 2.45) is 0 Å². The van der Waals surface area contributed by atoms with Crippen LogP contribution in [0.4, 0.5) is 5.69 Å². The van der Waals surface area contributed by atoms with Crippen molar-refractivity contribution in [1.29, 1.82) is 0 Å². The molecule has 0 saturated carbocycles. The number of carbonyl (C=O) groups is 1. The summed E-state index contributed by atoms with van der Waals surface area (Å²) in [5, 5.41) is 6.24. The van der Waals surface area contributed by atoms with Gasteiger partial charge in [-0.15, -0.1) is 0 Å². The number of para-hydroxylation sites is 1. The van der Waals surface area contributed by atoms with E-state index in [1.807, 2.05) is 36.4 Å². The fraction of sp³-hybridized carbons (Fsp3) is 0.267. The molecule has 1 aromatic heterocycles. The van der Waals surface area contributed by atoms with Crippen molar-refractivity contribution in [2.75, 3.05) is 5.32 Å². The third kappa shape index (κ3) is 2.39. The molecule has 0 aliphatic carbocycles. The summed E-state index contributed by atoms with van der Waals surface area (Å²) < 4.78 is 5.32. The van der Waals surface area contributed by atoms with Crippen LogP contribution in [0.3, 0.4) is 0 Å². The molecule has 0 spiro atoms. The van der Waals surface area contributed by atoms with E-state index < -0.39 is 0 Å². The average Bonchev–Trinajstić information content (AvgIpc) is 2.99. The van der Waals surface area contributed by atoms with Gasteiger partial charge in [-0.3, -0.25) is 10.1 Å². The van der Waals surface area contributed by atoms with E-state index in [0.717, 1.165) is 23.4 Å². The molecule has 1 aliphatic heterocycles. The summed E-state index contributed by atoms with van der Waals surface area (Å²) in [4.78, 5) is 12.0. The second-order valence-electron chi connectivity index (χ2n) is 4.86. The van der Waals surface area contributed by atoms with Gasteiger partial charge in [0.15, 0.2) is 0 Å². The second-order valence-corrected chi connectivity index (χ2v) is 4.86. The Kier molecular flexibility index (Phi) is 3.09. The summed E-state index contributed by atoms with van der Waals surface area (Å²) >= 11 is 0. The van der Waals surface area contributed by atoms with E-state index in [2.05, 4.69) is 17.6 Å². The molecule has 1 aliphatic rings. The van der Waals surface area contributed by atoms with Crippen molar-refractivity contribution in [2.45, 2.75) is 25.4 Å². The zero-order valence-corrected chi connectivity index (χ0v) is 10.7. The Morgan fingerprint density at radius 2 is 2.16 bits per heavy atom.